The highest BCUT2D eigenvalue weighted by molar-refractivity contribution is 5.93. The van der Waals surface area contributed by atoms with E-state index in [1.165, 1.54) is 6.07 Å². The fourth-order valence-corrected chi connectivity index (χ4v) is 1.88. The monoisotopic (exact) mass is 280 g/mol. The first kappa shape index (κ1) is 12.5. The SMILES string of the molecule is Oc1c(-c2nc(C(F)(F)F)no2)ccc2ccccc12. The zero-order chi connectivity index (χ0) is 14.3. The molecule has 3 rings (SSSR count). The highest BCUT2D eigenvalue weighted by Crippen LogP contribution is 2.36. The Labute approximate surface area is 110 Å². The number of phenolic OH excluding ortho intramolecular Hbond substituents is 1. The average Bonchev–Trinajstić information content (AvgIpc) is 2.89. The number of aromatic nitrogens is 2. The molecule has 1 heterocycles. The van der Waals surface area contributed by atoms with Crippen LogP contribution in [-0.4, -0.2) is 15.2 Å². The molecule has 0 unspecified atom stereocenters. The molecule has 0 bridgehead atoms. The molecule has 7 heteroatoms. The van der Waals surface area contributed by atoms with Crippen molar-refractivity contribution in [1.82, 2.24) is 10.1 Å². The zero-order valence-corrected chi connectivity index (χ0v) is 9.85. The van der Waals surface area contributed by atoms with Crippen molar-refractivity contribution in [2.75, 3.05) is 0 Å². The van der Waals surface area contributed by atoms with Crippen LogP contribution in [0, 0.1) is 0 Å². The van der Waals surface area contributed by atoms with E-state index < -0.39 is 12.0 Å². The van der Waals surface area contributed by atoms with Crippen LogP contribution in [0.3, 0.4) is 0 Å². The van der Waals surface area contributed by atoms with Crippen molar-refractivity contribution in [3.8, 4) is 17.2 Å². The molecule has 20 heavy (non-hydrogen) atoms. The molecule has 0 aliphatic rings. The van der Waals surface area contributed by atoms with Crippen molar-refractivity contribution in [1.29, 1.82) is 0 Å². The highest BCUT2D eigenvalue weighted by atomic mass is 19.4. The lowest BCUT2D eigenvalue weighted by Crippen LogP contribution is -2.07. The number of alkyl halides is 3. The molecular weight excluding hydrogens is 273 g/mol. The fraction of sp³-hybridized carbons (Fsp3) is 0.0769. The lowest BCUT2D eigenvalue weighted by Gasteiger charge is -2.04. The van der Waals surface area contributed by atoms with Crippen LogP contribution in [0.4, 0.5) is 13.2 Å². The van der Waals surface area contributed by atoms with Gasteiger partial charge in [0.15, 0.2) is 0 Å². The first-order chi connectivity index (χ1) is 9.47. The number of phenols is 1. The first-order valence-corrected chi connectivity index (χ1v) is 5.59. The molecule has 2 aromatic carbocycles. The topological polar surface area (TPSA) is 59.2 Å². The lowest BCUT2D eigenvalue weighted by molar-refractivity contribution is -0.146. The van der Waals surface area contributed by atoms with Gasteiger partial charge in [-0.2, -0.15) is 18.2 Å². The first-order valence-electron chi connectivity index (χ1n) is 5.59. The van der Waals surface area contributed by atoms with Gasteiger partial charge in [-0.1, -0.05) is 35.5 Å². The van der Waals surface area contributed by atoms with E-state index in [0.29, 0.717) is 5.39 Å². The number of halogens is 3. The third-order valence-corrected chi connectivity index (χ3v) is 2.81. The summed E-state index contributed by atoms with van der Waals surface area (Å²) in [6, 6.07) is 10.0. The van der Waals surface area contributed by atoms with Gasteiger partial charge in [0.1, 0.15) is 5.75 Å². The molecule has 4 nitrogen and oxygen atoms in total. The number of fused-ring (bicyclic) bond motifs is 1. The number of aromatic hydroxyl groups is 1. The zero-order valence-electron chi connectivity index (χ0n) is 9.85. The third kappa shape index (κ3) is 1.97. The molecule has 1 N–H and O–H groups in total. The number of nitrogens with zero attached hydrogens (tertiary/aromatic N) is 2. The lowest BCUT2D eigenvalue weighted by atomic mass is 10.1. The molecule has 0 saturated carbocycles. The van der Waals surface area contributed by atoms with Gasteiger partial charge in [0.05, 0.1) is 5.56 Å². The smallest absolute Gasteiger partial charge is 0.455 e. The van der Waals surface area contributed by atoms with Crippen molar-refractivity contribution in [2.45, 2.75) is 6.18 Å². The van der Waals surface area contributed by atoms with Gasteiger partial charge in [0.25, 0.3) is 11.7 Å². The molecule has 0 amide bonds. The summed E-state index contributed by atoms with van der Waals surface area (Å²) in [4.78, 5) is 3.26. The largest absolute Gasteiger partial charge is 0.506 e. The molecule has 0 radical (unpaired) electrons. The molecule has 0 saturated heterocycles. The summed E-state index contributed by atoms with van der Waals surface area (Å²) in [6.45, 7) is 0. The predicted octanol–water partition coefficient (Wildman–Crippen LogP) is 3.61. The minimum absolute atomic E-state index is 0.0618. The van der Waals surface area contributed by atoms with E-state index in [2.05, 4.69) is 14.7 Å². The van der Waals surface area contributed by atoms with Gasteiger partial charge in [0, 0.05) is 5.39 Å². The predicted molar refractivity (Wildman–Crippen MR) is 63.9 cm³/mol. The fourth-order valence-electron chi connectivity index (χ4n) is 1.88. The maximum Gasteiger partial charge on any atom is 0.455 e. The van der Waals surface area contributed by atoms with Crippen LogP contribution in [0.25, 0.3) is 22.2 Å². The molecule has 0 spiro atoms. The molecular formula is C13H7F3N2O2. The Morgan fingerprint density at radius 3 is 2.50 bits per heavy atom. The summed E-state index contributed by atoms with van der Waals surface area (Å²) in [6.07, 6.45) is -4.69. The Bertz CT molecular complexity index is 781. The molecule has 0 atom stereocenters. The van der Waals surface area contributed by atoms with Gasteiger partial charge in [-0.25, -0.2) is 0 Å². The Hall–Kier alpha value is -2.57. The van der Waals surface area contributed by atoms with Crippen LogP contribution < -0.4 is 0 Å². The van der Waals surface area contributed by atoms with Crippen molar-refractivity contribution in [3.05, 3.63) is 42.2 Å². The number of hydrogen-bond acceptors (Lipinski definition) is 4. The Morgan fingerprint density at radius 1 is 1.05 bits per heavy atom. The standard InChI is InChI=1S/C13H7F3N2O2/c14-13(15,16)12-17-11(20-18-12)9-6-5-7-3-1-2-4-8(7)10(9)19/h1-6,19H. The van der Waals surface area contributed by atoms with Gasteiger partial charge in [-0.05, 0) is 11.5 Å². The van der Waals surface area contributed by atoms with Crippen molar-refractivity contribution < 1.29 is 22.8 Å². The van der Waals surface area contributed by atoms with E-state index in [9.17, 15) is 18.3 Å². The van der Waals surface area contributed by atoms with E-state index in [1.807, 2.05) is 0 Å². The summed E-state index contributed by atoms with van der Waals surface area (Å²) in [7, 11) is 0. The summed E-state index contributed by atoms with van der Waals surface area (Å²) in [5, 5.41) is 14.2. The van der Waals surface area contributed by atoms with Crippen LogP contribution in [0.15, 0.2) is 40.9 Å². The quantitative estimate of drug-likeness (QED) is 0.739. The van der Waals surface area contributed by atoms with E-state index in [-0.39, 0.29) is 17.2 Å². The molecule has 3 aromatic rings. The van der Waals surface area contributed by atoms with Gasteiger partial charge in [-0.15, -0.1) is 0 Å². The van der Waals surface area contributed by atoms with Gasteiger partial charge in [-0.3, -0.25) is 0 Å². The molecule has 1 aromatic heterocycles. The minimum Gasteiger partial charge on any atom is -0.506 e. The summed E-state index contributed by atoms with van der Waals surface area (Å²) in [5.74, 6) is -1.94. The van der Waals surface area contributed by atoms with Crippen LogP contribution >= 0.6 is 0 Å². The van der Waals surface area contributed by atoms with Crippen LogP contribution in [0.2, 0.25) is 0 Å². The van der Waals surface area contributed by atoms with E-state index >= 15 is 0 Å². The maximum atomic E-state index is 12.4. The van der Waals surface area contributed by atoms with Crippen LogP contribution in [-0.2, 0) is 6.18 Å². The van der Waals surface area contributed by atoms with E-state index in [0.717, 1.165) is 5.39 Å². The number of rotatable bonds is 1. The van der Waals surface area contributed by atoms with Gasteiger partial charge in [0.2, 0.25) is 0 Å². The second kappa shape index (κ2) is 4.22. The van der Waals surface area contributed by atoms with Gasteiger partial charge < -0.3 is 9.63 Å². The summed E-state index contributed by atoms with van der Waals surface area (Å²) < 4.78 is 41.8. The molecule has 0 fully saturated rings. The average molecular weight is 280 g/mol. The maximum absolute atomic E-state index is 12.4. The summed E-state index contributed by atoms with van der Waals surface area (Å²) in [5.41, 5.74) is 0.0618. The number of hydrogen-bond donors (Lipinski definition) is 1. The Morgan fingerprint density at radius 2 is 1.80 bits per heavy atom. The Kier molecular flexibility index (Phi) is 2.63. The number of benzene rings is 2. The van der Waals surface area contributed by atoms with Gasteiger partial charge >= 0.3 is 6.18 Å². The van der Waals surface area contributed by atoms with Crippen molar-refractivity contribution in [3.63, 3.8) is 0 Å². The highest BCUT2D eigenvalue weighted by Gasteiger charge is 2.37. The van der Waals surface area contributed by atoms with E-state index in [4.69, 9.17) is 0 Å². The normalized spacial score (nSPS) is 11.9. The molecule has 0 aliphatic carbocycles. The second-order valence-electron chi connectivity index (χ2n) is 4.10. The van der Waals surface area contributed by atoms with Crippen molar-refractivity contribution >= 4 is 10.8 Å². The second-order valence-corrected chi connectivity index (χ2v) is 4.10. The summed E-state index contributed by atoms with van der Waals surface area (Å²) >= 11 is 0. The molecule has 102 valence electrons. The van der Waals surface area contributed by atoms with E-state index in [1.54, 1.807) is 30.3 Å². The van der Waals surface area contributed by atoms with Crippen molar-refractivity contribution in [2.24, 2.45) is 0 Å². The minimum atomic E-state index is -4.69. The Balaban J connectivity index is 2.15. The van der Waals surface area contributed by atoms with Crippen LogP contribution in [0.1, 0.15) is 5.82 Å². The molecule has 0 aliphatic heterocycles. The van der Waals surface area contributed by atoms with Crippen LogP contribution in [0.5, 0.6) is 5.75 Å². The third-order valence-electron chi connectivity index (χ3n) is 2.81.